The van der Waals surface area contributed by atoms with Crippen molar-refractivity contribution in [3.8, 4) is 11.5 Å². The Labute approximate surface area is 165 Å². The second kappa shape index (κ2) is 9.26. The van der Waals surface area contributed by atoms with Gasteiger partial charge >= 0.3 is 0 Å². The third kappa shape index (κ3) is 4.63. The Kier molecular flexibility index (Phi) is 6.53. The van der Waals surface area contributed by atoms with E-state index in [-0.39, 0.29) is 18.4 Å². The molecule has 6 nitrogen and oxygen atoms in total. The molecular weight excluding hydrogens is 356 g/mol. The number of methoxy groups -OCH3 is 1. The second-order valence-corrected chi connectivity index (χ2v) is 6.65. The molecule has 0 aliphatic carbocycles. The molecule has 1 aliphatic rings. The SMILES string of the molecule is CCc1ccccc1OCC(=O)N1CCN(C(=O)c2ccc(OC)cc2)CC1. The van der Waals surface area contributed by atoms with Crippen molar-refractivity contribution < 1.29 is 19.1 Å². The average Bonchev–Trinajstić information content (AvgIpc) is 2.77. The summed E-state index contributed by atoms with van der Waals surface area (Å²) in [5.41, 5.74) is 1.71. The van der Waals surface area contributed by atoms with Crippen LogP contribution in [0.5, 0.6) is 11.5 Å². The van der Waals surface area contributed by atoms with Crippen molar-refractivity contribution in [3.63, 3.8) is 0 Å². The van der Waals surface area contributed by atoms with E-state index in [4.69, 9.17) is 9.47 Å². The maximum absolute atomic E-state index is 12.6. The van der Waals surface area contributed by atoms with Gasteiger partial charge in [0.05, 0.1) is 7.11 Å². The molecule has 1 aliphatic heterocycles. The van der Waals surface area contributed by atoms with Crippen LogP contribution in [0, 0.1) is 0 Å². The van der Waals surface area contributed by atoms with Gasteiger partial charge in [-0.25, -0.2) is 0 Å². The number of benzene rings is 2. The molecule has 1 saturated heterocycles. The summed E-state index contributed by atoms with van der Waals surface area (Å²) in [4.78, 5) is 28.6. The van der Waals surface area contributed by atoms with Crippen molar-refractivity contribution >= 4 is 11.8 Å². The summed E-state index contributed by atoms with van der Waals surface area (Å²) in [7, 11) is 1.59. The van der Waals surface area contributed by atoms with Gasteiger partial charge < -0.3 is 19.3 Å². The first-order valence-corrected chi connectivity index (χ1v) is 9.54. The van der Waals surface area contributed by atoms with E-state index in [1.807, 2.05) is 24.3 Å². The molecule has 0 atom stereocenters. The summed E-state index contributed by atoms with van der Waals surface area (Å²) >= 11 is 0. The molecule has 0 saturated carbocycles. The standard InChI is InChI=1S/C22H26N2O4/c1-3-17-6-4-5-7-20(17)28-16-21(25)23-12-14-24(15-13-23)22(26)18-8-10-19(27-2)11-9-18/h4-11H,3,12-16H2,1-2H3. The van der Waals surface area contributed by atoms with Gasteiger partial charge in [-0.2, -0.15) is 0 Å². The number of aryl methyl sites for hydroxylation is 1. The van der Waals surface area contributed by atoms with Gasteiger partial charge in [0.2, 0.25) is 0 Å². The van der Waals surface area contributed by atoms with Crippen molar-refractivity contribution in [2.24, 2.45) is 0 Å². The molecule has 2 amide bonds. The molecule has 1 fully saturated rings. The Morgan fingerprint density at radius 1 is 0.929 bits per heavy atom. The molecule has 6 heteroatoms. The zero-order chi connectivity index (χ0) is 19.9. The minimum absolute atomic E-state index is 0.0173. The molecule has 0 radical (unpaired) electrons. The van der Waals surface area contributed by atoms with E-state index in [0.717, 1.165) is 23.5 Å². The van der Waals surface area contributed by atoms with E-state index < -0.39 is 0 Å². The smallest absolute Gasteiger partial charge is 0.260 e. The lowest BCUT2D eigenvalue weighted by Crippen LogP contribution is -2.51. The Balaban J connectivity index is 1.50. The van der Waals surface area contributed by atoms with Crippen LogP contribution in [0.15, 0.2) is 48.5 Å². The van der Waals surface area contributed by atoms with Gasteiger partial charge in [-0.1, -0.05) is 25.1 Å². The largest absolute Gasteiger partial charge is 0.497 e. The molecule has 0 spiro atoms. The van der Waals surface area contributed by atoms with Gasteiger partial charge in [0, 0.05) is 31.7 Å². The van der Waals surface area contributed by atoms with Gasteiger partial charge in [-0.15, -0.1) is 0 Å². The molecule has 0 aromatic heterocycles. The van der Waals surface area contributed by atoms with Crippen LogP contribution >= 0.6 is 0 Å². The number of hydrogen-bond acceptors (Lipinski definition) is 4. The number of para-hydroxylation sites is 1. The normalized spacial score (nSPS) is 13.9. The third-order valence-electron chi connectivity index (χ3n) is 4.96. The number of hydrogen-bond donors (Lipinski definition) is 0. The first kappa shape index (κ1) is 19.7. The van der Waals surface area contributed by atoms with E-state index >= 15 is 0 Å². The lowest BCUT2D eigenvalue weighted by molar-refractivity contribution is -0.134. The van der Waals surface area contributed by atoms with Crippen molar-refractivity contribution in [3.05, 3.63) is 59.7 Å². The van der Waals surface area contributed by atoms with E-state index in [0.29, 0.717) is 31.7 Å². The monoisotopic (exact) mass is 382 g/mol. The summed E-state index contributed by atoms with van der Waals surface area (Å²) in [5, 5.41) is 0. The number of amides is 2. The molecule has 0 N–H and O–H groups in total. The van der Waals surface area contributed by atoms with Crippen molar-refractivity contribution in [1.29, 1.82) is 0 Å². The third-order valence-corrected chi connectivity index (χ3v) is 4.96. The average molecular weight is 382 g/mol. The van der Waals surface area contributed by atoms with Crippen LogP contribution in [0.3, 0.4) is 0 Å². The van der Waals surface area contributed by atoms with Crippen LogP contribution in [0.4, 0.5) is 0 Å². The second-order valence-electron chi connectivity index (χ2n) is 6.65. The fraction of sp³-hybridized carbons (Fsp3) is 0.364. The predicted octanol–water partition coefficient (Wildman–Crippen LogP) is 2.62. The maximum Gasteiger partial charge on any atom is 0.260 e. The fourth-order valence-corrected chi connectivity index (χ4v) is 3.24. The number of rotatable bonds is 6. The Bertz CT molecular complexity index is 812. The van der Waals surface area contributed by atoms with E-state index in [1.165, 1.54) is 0 Å². The minimum Gasteiger partial charge on any atom is -0.497 e. The van der Waals surface area contributed by atoms with Crippen molar-refractivity contribution in [2.45, 2.75) is 13.3 Å². The molecule has 0 unspecified atom stereocenters. The van der Waals surface area contributed by atoms with Crippen LogP contribution in [0.1, 0.15) is 22.8 Å². The molecule has 148 valence electrons. The number of ether oxygens (including phenoxy) is 2. The maximum atomic E-state index is 12.6. The van der Waals surface area contributed by atoms with Crippen LogP contribution < -0.4 is 9.47 Å². The summed E-state index contributed by atoms with van der Waals surface area (Å²) in [5.74, 6) is 1.40. The Hall–Kier alpha value is -3.02. The van der Waals surface area contributed by atoms with Crippen LogP contribution in [-0.4, -0.2) is 61.5 Å². The van der Waals surface area contributed by atoms with Crippen LogP contribution in [-0.2, 0) is 11.2 Å². The highest BCUT2D eigenvalue weighted by atomic mass is 16.5. The molecule has 0 bridgehead atoms. The zero-order valence-corrected chi connectivity index (χ0v) is 16.4. The van der Waals surface area contributed by atoms with E-state index in [9.17, 15) is 9.59 Å². The lowest BCUT2D eigenvalue weighted by Gasteiger charge is -2.34. The Morgan fingerprint density at radius 3 is 2.21 bits per heavy atom. The topological polar surface area (TPSA) is 59.1 Å². The van der Waals surface area contributed by atoms with Crippen LogP contribution in [0.25, 0.3) is 0 Å². The zero-order valence-electron chi connectivity index (χ0n) is 16.4. The Morgan fingerprint density at radius 2 is 1.57 bits per heavy atom. The minimum atomic E-state index is -0.0533. The van der Waals surface area contributed by atoms with E-state index in [2.05, 4.69) is 6.92 Å². The molecular formula is C22H26N2O4. The van der Waals surface area contributed by atoms with Crippen molar-refractivity contribution in [2.75, 3.05) is 39.9 Å². The number of carbonyl (C=O) groups excluding carboxylic acids is 2. The highest BCUT2D eigenvalue weighted by Gasteiger charge is 2.25. The summed E-state index contributed by atoms with van der Waals surface area (Å²) < 4.78 is 10.8. The summed E-state index contributed by atoms with van der Waals surface area (Å²) in [6.07, 6.45) is 0.858. The van der Waals surface area contributed by atoms with Crippen LogP contribution in [0.2, 0.25) is 0 Å². The molecule has 3 rings (SSSR count). The predicted molar refractivity (Wildman–Crippen MR) is 107 cm³/mol. The highest BCUT2D eigenvalue weighted by molar-refractivity contribution is 5.94. The molecule has 28 heavy (non-hydrogen) atoms. The number of carbonyl (C=O) groups is 2. The quantitative estimate of drug-likeness (QED) is 0.771. The van der Waals surface area contributed by atoms with Gasteiger partial charge in [0.1, 0.15) is 11.5 Å². The van der Waals surface area contributed by atoms with Gasteiger partial charge in [0.15, 0.2) is 6.61 Å². The van der Waals surface area contributed by atoms with Gasteiger partial charge in [-0.3, -0.25) is 9.59 Å². The van der Waals surface area contributed by atoms with Gasteiger partial charge in [0.25, 0.3) is 11.8 Å². The summed E-state index contributed by atoms with van der Waals surface area (Å²) in [6.45, 7) is 4.13. The number of piperazine rings is 1. The molecule has 1 heterocycles. The first-order chi connectivity index (χ1) is 13.6. The fourth-order valence-electron chi connectivity index (χ4n) is 3.24. The van der Waals surface area contributed by atoms with Gasteiger partial charge in [-0.05, 0) is 42.3 Å². The lowest BCUT2D eigenvalue weighted by atomic mass is 10.1. The van der Waals surface area contributed by atoms with E-state index in [1.54, 1.807) is 41.2 Å². The summed E-state index contributed by atoms with van der Waals surface area (Å²) in [6, 6.07) is 14.8. The molecule has 2 aromatic rings. The number of nitrogens with zero attached hydrogens (tertiary/aromatic N) is 2. The van der Waals surface area contributed by atoms with Crippen molar-refractivity contribution in [1.82, 2.24) is 9.80 Å². The molecule has 2 aromatic carbocycles. The highest BCUT2D eigenvalue weighted by Crippen LogP contribution is 2.19. The first-order valence-electron chi connectivity index (χ1n) is 9.54.